The Labute approximate surface area is 171 Å². The quantitative estimate of drug-likeness (QED) is 0.425. The second kappa shape index (κ2) is 10.4. The van der Waals surface area contributed by atoms with Crippen molar-refractivity contribution in [1.82, 2.24) is 10.0 Å². The second-order valence-corrected chi connectivity index (χ2v) is 8.84. The standard InChI is InChI=1S/C19H28N2O7S/c1-13(2)12-20-19(23)14(3)28-18(22)5-4-8-21-29(24,25)15-6-7-16-17(11-15)27-10-9-26-16/h6-7,11,13-14,21H,4-5,8-10,12H2,1-3H3,(H,20,23). The number of hydrogen-bond acceptors (Lipinski definition) is 7. The number of benzene rings is 1. The van der Waals surface area contributed by atoms with Gasteiger partial charge in [0.15, 0.2) is 17.6 Å². The second-order valence-electron chi connectivity index (χ2n) is 7.08. The van der Waals surface area contributed by atoms with Crippen LogP contribution in [0.3, 0.4) is 0 Å². The van der Waals surface area contributed by atoms with Crippen LogP contribution in [-0.4, -0.2) is 52.7 Å². The molecule has 1 aromatic carbocycles. The van der Waals surface area contributed by atoms with Gasteiger partial charge < -0.3 is 19.5 Å². The Kier molecular flexibility index (Phi) is 8.27. The minimum Gasteiger partial charge on any atom is -0.486 e. The van der Waals surface area contributed by atoms with Gasteiger partial charge in [0, 0.05) is 25.6 Å². The zero-order chi connectivity index (χ0) is 21.4. The predicted molar refractivity (Wildman–Crippen MR) is 105 cm³/mol. The molecule has 0 spiro atoms. The first-order chi connectivity index (χ1) is 13.7. The average Bonchev–Trinajstić information content (AvgIpc) is 2.68. The van der Waals surface area contributed by atoms with Gasteiger partial charge in [0.25, 0.3) is 5.91 Å². The molecule has 1 amide bonds. The fourth-order valence-electron chi connectivity index (χ4n) is 2.47. The first-order valence-corrected chi connectivity index (χ1v) is 11.0. The summed E-state index contributed by atoms with van der Waals surface area (Å²) in [6.07, 6.45) is -0.662. The zero-order valence-electron chi connectivity index (χ0n) is 16.9. The van der Waals surface area contributed by atoms with Crippen molar-refractivity contribution >= 4 is 21.9 Å². The highest BCUT2D eigenvalue weighted by Crippen LogP contribution is 2.32. The van der Waals surface area contributed by atoms with Crippen LogP contribution in [0.4, 0.5) is 0 Å². The average molecular weight is 429 g/mol. The fraction of sp³-hybridized carbons (Fsp3) is 0.579. The van der Waals surface area contributed by atoms with Crippen LogP contribution >= 0.6 is 0 Å². The van der Waals surface area contributed by atoms with Crippen molar-refractivity contribution in [3.8, 4) is 11.5 Å². The molecule has 2 N–H and O–H groups in total. The summed E-state index contributed by atoms with van der Waals surface area (Å²) in [5, 5.41) is 2.69. The van der Waals surface area contributed by atoms with E-state index in [1.807, 2.05) is 13.8 Å². The minimum absolute atomic E-state index is 0.00847. The van der Waals surface area contributed by atoms with Crippen molar-refractivity contribution in [1.29, 1.82) is 0 Å². The molecule has 1 heterocycles. The Morgan fingerprint density at radius 2 is 1.83 bits per heavy atom. The van der Waals surface area contributed by atoms with Gasteiger partial charge in [-0.15, -0.1) is 0 Å². The number of amides is 1. The summed E-state index contributed by atoms with van der Waals surface area (Å²) < 4.78 is 43.0. The molecule has 0 fully saturated rings. The molecule has 1 unspecified atom stereocenters. The molecule has 29 heavy (non-hydrogen) atoms. The smallest absolute Gasteiger partial charge is 0.306 e. The van der Waals surface area contributed by atoms with Crippen LogP contribution in [0.25, 0.3) is 0 Å². The highest BCUT2D eigenvalue weighted by molar-refractivity contribution is 7.89. The molecule has 0 aromatic heterocycles. The van der Waals surface area contributed by atoms with Gasteiger partial charge in [-0.3, -0.25) is 9.59 Å². The van der Waals surface area contributed by atoms with E-state index in [0.29, 0.717) is 37.2 Å². The molecule has 9 nitrogen and oxygen atoms in total. The number of rotatable bonds is 10. The van der Waals surface area contributed by atoms with Gasteiger partial charge in [-0.1, -0.05) is 13.8 Å². The van der Waals surface area contributed by atoms with E-state index in [-0.39, 0.29) is 30.2 Å². The van der Waals surface area contributed by atoms with Crippen LogP contribution in [0.1, 0.15) is 33.6 Å². The number of nitrogens with one attached hydrogen (secondary N) is 2. The molecule has 0 aliphatic carbocycles. The Balaban J connectivity index is 1.75. The lowest BCUT2D eigenvalue weighted by atomic mass is 10.2. The van der Waals surface area contributed by atoms with E-state index in [4.69, 9.17) is 14.2 Å². The molecule has 1 aromatic rings. The van der Waals surface area contributed by atoms with Gasteiger partial charge in [0.1, 0.15) is 13.2 Å². The lowest BCUT2D eigenvalue weighted by Gasteiger charge is -2.19. The molecule has 162 valence electrons. The monoisotopic (exact) mass is 428 g/mol. The van der Waals surface area contributed by atoms with Crippen molar-refractivity contribution in [3.63, 3.8) is 0 Å². The van der Waals surface area contributed by atoms with E-state index in [1.54, 1.807) is 6.07 Å². The van der Waals surface area contributed by atoms with Crippen LogP contribution < -0.4 is 19.5 Å². The Hall–Kier alpha value is -2.33. The first-order valence-electron chi connectivity index (χ1n) is 9.55. The Morgan fingerprint density at radius 1 is 1.14 bits per heavy atom. The number of carbonyl (C=O) groups excluding carboxylic acids is 2. The van der Waals surface area contributed by atoms with Gasteiger partial charge in [0.2, 0.25) is 10.0 Å². The topological polar surface area (TPSA) is 120 Å². The summed E-state index contributed by atoms with van der Waals surface area (Å²) in [5.74, 6) is 0.267. The van der Waals surface area contributed by atoms with E-state index in [0.717, 1.165) is 0 Å². The SMILES string of the molecule is CC(C)CNC(=O)C(C)OC(=O)CCCNS(=O)(=O)c1ccc2c(c1)OCCO2. The largest absolute Gasteiger partial charge is 0.486 e. The first kappa shape index (κ1) is 23.0. The number of fused-ring (bicyclic) bond motifs is 1. The maximum atomic E-state index is 12.4. The zero-order valence-corrected chi connectivity index (χ0v) is 17.7. The lowest BCUT2D eigenvalue weighted by molar-refractivity contribution is -0.154. The van der Waals surface area contributed by atoms with Crippen molar-refractivity contribution in [3.05, 3.63) is 18.2 Å². The molecule has 10 heteroatoms. The molecule has 1 aliphatic heterocycles. The summed E-state index contributed by atoms with van der Waals surface area (Å²) >= 11 is 0. The van der Waals surface area contributed by atoms with E-state index in [1.165, 1.54) is 19.1 Å². The summed E-state index contributed by atoms with van der Waals surface area (Å²) in [6, 6.07) is 4.39. The van der Waals surface area contributed by atoms with Crippen molar-refractivity contribution in [2.45, 2.75) is 44.6 Å². The molecule has 0 radical (unpaired) electrons. The normalized spacial score (nSPS) is 14.3. The molecule has 1 atom stereocenters. The summed E-state index contributed by atoms with van der Waals surface area (Å²) in [4.78, 5) is 23.7. The number of esters is 1. The van der Waals surface area contributed by atoms with Crippen molar-refractivity contribution < 1.29 is 32.2 Å². The molecule has 0 saturated carbocycles. The number of sulfonamides is 1. The lowest BCUT2D eigenvalue weighted by Crippen LogP contribution is -2.37. The van der Waals surface area contributed by atoms with Crippen LogP contribution in [-0.2, 0) is 24.3 Å². The molecular formula is C19H28N2O7S. The summed E-state index contributed by atoms with van der Waals surface area (Å²) in [7, 11) is -3.75. The van der Waals surface area contributed by atoms with E-state index in [2.05, 4.69) is 10.0 Å². The minimum atomic E-state index is -3.75. The van der Waals surface area contributed by atoms with Crippen molar-refractivity contribution in [2.75, 3.05) is 26.3 Å². The third kappa shape index (κ3) is 7.21. The molecular weight excluding hydrogens is 400 g/mol. The van der Waals surface area contributed by atoms with Gasteiger partial charge in [-0.05, 0) is 31.4 Å². The summed E-state index contributed by atoms with van der Waals surface area (Å²) in [6.45, 7) is 6.76. The maximum absolute atomic E-state index is 12.4. The number of ether oxygens (including phenoxy) is 3. The van der Waals surface area contributed by atoms with Crippen LogP contribution in [0.15, 0.2) is 23.1 Å². The van der Waals surface area contributed by atoms with Crippen LogP contribution in [0.2, 0.25) is 0 Å². The van der Waals surface area contributed by atoms with Gasteiger partial charge >= 0.3 is 5.97 Å². The summed E-state index contributed by atoms with van der Waals surface area (Å²) in [5.41, 5.74) is 0. The maximum Gasteiger partial charge on any atom is 0.306 e. The molecule has 1 aliphatic rings. The number of hydrogen-bond donors (Lipinski definition) is 2. The predicted octanol–water partition coefficient (Wildman–Crippen LogP) is 1.22. The van der Waals surface area contributed by atoms with E-state index < -0.39 is 22.1 Å². The van der Waals surface area contributed by atoms with E-state index in [9.17, 15) is 18.0 Å². The number of carbonyl (C=O) groups is 2. The van der Waals surface area contributed by atoms with Crippen LogP contribution in [0, 0.1) is 5.92 Å². The third-order valence-electron chi connectivity index (χ3n) is 4.04. The fourth-order valence-corrected chi connectivity index (χ4v) is 3.56. The van der Waals surface area contributed by atoms with Crippen molar-refractivity contribution in [2.24, 2.45) is 5.92 Å². The van der Waals surface area contributed by atoms with Crippen LogP contribution in [0.5, 0.6) is 11.5 Å². The van der Waals surface area contributed by atoms with Gasteiger partial charge in [0.05, 0.1) is 4.90 Å². The Morgan fingerprint density at radius 3 is 2.52 bits per heavy atom. The highest BCUT2D eigenvalue weighted by atomic mass is 32.2. The molecule has 2 rings (SSSR count). The molecule has 0 bridgehead atoms. The third-order valence-corrected chi connectivity index (χ3v) is 5.49. The Bertz CT molecular complexity index is 824. The van der Waals surface area contributed by atoms with Gasteiger partial charge in [-0.2, -0.15) is 0 Å². The highest BCUT2D eigenvalue weighted by Gasteiger charge is 2.20. The molecule has 0 saturated heterocycles. The van der Waals surface area contributed by atoms with Gasteiger partial charge in [-0.25, -0.2) is 13.1 Å². The van der Waals surface area contributed by atoms with E-state index >= 15 is 0 Å².